The fourth-order valence-corrected chi connectivity index (χ4v) is 10.5. The van der Waals surface area contributed by atoms with Crippen molar-refractivity contribution in [1.82, 2.24) is 15.0 Å². The lowest BCUT2D eigenvalue weighted by Crippen LogP contribution is -2.08. The minimum absolute atomic E-state index is 0.679. The highest BCUT2D eigenvalue weighted by Crippen LogP contribution is 2.41. The van der Waals surface area contributed by atoms with Gasteiger partial charge in [0.15, 0.2) is 17.5 Å². The molecule has 0 saturated heterocycles. The van der Waals surface area contributed by atoms with Crippen LogP contribution in [0.1, 0.15) is 174 Å². The van der Waals surface area contributed by atoms with Gasteiger partial charge in [0.05, 0.1) is 0 Å². The molecule has 0 unspecified atom stereocenters. The standard InChI is InChI=1S/C51H59N3/c1-5-14-36(15-6-1)40-24-28-42(29-25-40)49-52-50(43-30-26-41(27-31-43)37-16-7-2-8-17-37)54-51(53-49)45-23-13-22-44(32-45)48-34-46(38-18-9-3-10-19-38)33-47(35-48)39-20-11-4-12-21-39/h13,22-39H,1-12,14-21H2. The summed E-state index contributed by atoms with van der Waals surface area (Å²) in [5.74, 6) is 4.99. The third-order valence-electron chi connectivity index (χ3n) is 13.7. The van der Waals surface area contributed by atoms with E-state index in [1.165, 1.54) is 151 Å². The van der Waals surface area contributed by atoms with Crippen LogP contribution in [-0.4, -0.2) is 15.0 Å². The number of rotatable bonds is 8. The van der Waals surface area contributed by atoms with Crippen LogP contribution < -0.4 is 0 Å². The van der Waals surface area contributed by atoms with E-state index in [9.17, 15) is 0 Å². The van der Waals surface area contributed by atoms with E-state index >= 15 is 0 Å². The molecule has 4 aliphatic rings. The summed E-state index contributed by atoms with van der Waals surface area (Å²) in [6, 6.07) is 35.0. The van der Waals surface area contributed by atoms with Gasteiger partial charge in [0.1, 0.15) is 0 Å². The summed E-state index contributed by atoms with van der Waals surface area (Å²) in [5, 5.41) is 0. The Morgan fingerprint density at radius 2 is 0.630 bits per heavy atom. The molecule has 278 valence electrons. The van der Waals surface area contributed by atoms with Gasteiger partial charge in [-0.3, -0.25) is 0 Å². The zero-order valence-corrected chi connectivity index (χ0v) is 32.5. The van der Waals surface area contributed by atoms with E-state index in [2.05, 4.69) is 91.0 Å². The topological polar surface area (TPSA) is 38.7 Å². The summed E-state index contributed by atoms with van der Waals surface area (Å²) in [7, 11) is 0. The average molecular weight is 714 g/mol. The van der Waals surface area contributed by atoms with Crippen LogP contribution in [0.25, 0.3) is 45.3 Å². The second-order valence-electron chi connectivity index (χ2n) is 17.4. The molecule has 0 spiro atoms. The Kier molecular flexibility index (Phi) is 11.0. The van der Waals surface area contributed by atoms with Gasteiger partial charge in [0.2, 0.25) is 0 Å². The Morgan fingerprint density at radius 3 is 1.04 bits per heavy atom. The molecule has 1 heterocycles. The van der Waals surface area contributed by atoms with Gasteiger partial charge < -0.3 is 0 Å². The molecule has 0 N–H and O–H groups in total. The minimum atomic E-state index is 0.679. The molecule has 0 radical (unpaired) electrons. The van der Waals surface area contributed by atoms with E-state index in [0.29, 0.717) is 23.7 Å². The van der Waals surface area contributed by atoms with Gasteiger partial charge in [-0.1, -0.05) is 162 Å². The number of benzene rings is 4. The third kappa shape index (κ3) is 8.12. The van der Waals surface area contributed by atoms with Crippen LogP contribution in [0.2, 0.25) is 0 Å². The Hall–Kier alpha value is -4.11. The Morgan fingerprint density at radius 1 is 0.278 bits per heavy atom. The van der Waals surface area contributed by atoms with Crippen molar-refractivity contribution < 1.29 is 0 Å². The Labute approximate surface area is 324 Å². The Balaban J connectivity index is 1.09. The predicted octanol–water partition coefficient (Wildman–Crippen LogP) is 14.7. The molecule has 1 aromatic heterocycles. The van der Waals surface area contributed by atoms with Crippen molar-refractivity contribution in [2.24, 2.45) is 0 Å². The van der Waals surface area contributed by atoms with Crippen LogP contribution in [0.5, 0.6) is 0 Å². The van der Waals surface area contributed by atoms with Crippen LogP contribution in [0.15, 0.2) is 91.0 Å². The minimum Gasteiger partial charge on any atom is -0.208 e. The van der Waals surface area contributed by atoms with Gasteiger partial charge in [-0.25, -0.2) is 15.0 Å². The van der Waals surface area contributed by atoms with Crippen LogP contribution >= 0.6 is 0 Å². The SMILES string of the molecule is c1cc(-c2cc(C3CCCCC3)cc(C3CCCCC3)c2)cc(-c2nc(-c3ccc(C4CCCCC4)cc3)nc(-c3ccc(C4CCCCC4)cc3)n2)c1. The second-order valence-corrected chi connectivity index (χ2v) is 17.4. The maximum atomic E-state index is 5.23. The summed E-state index contributed by atoms with van der Waals surface area (Å²) >= 11 is 0. The highest BCUT2D eigenvalue weighted by molar-refractivity contribution is 5.73. The van der Waals surface area contributed by atoms with Gasteiger partial charge >= 0.3 is 0 Å². The predicted molar refractivity (Wildman–Crippen MR) is 225 cm³/mol. The monoisotopic (exact) mass is 713 g/mol. The van der Waals surface area contributed by atoms with Gasteiger partial charge in [0.25, 0.3) is 0 Å². The maximum absolute atomic E-state index is 5.23. The molecule has 4 fully saturated rings. The first-order valence-corrected chi connectivity index (χ1v) is 22.0. The molecule has 9 rings (SSSR count). The van der Waals surface area contributed by atoms with E-state index in [1.54, 1.807) is 11.1 Å². The fraction of sp³-hybridized carbons (Fsp3) is 0.471. The molecule has 3 heteroatoms. The Bertz CT molecular complexity index is 1870. The van der Waals surface area contributed by atoms with Crippen molar-refractivity contribution in [2.45, 2.75) is 152 Å². The maximum Gasteiger partial charge on any atom is 0.164 e. The number of aromatic nitrogens is 3. The lowest BCUT2D eigenvalue weighted by molar-refractivity contribution is 0.435. The number of hydrogen-bond donors (Lipinski definition) is 0. The molecule has 0 amide bonds. The average Bonchev–Trinajstić information content (AvgIpc) is 3.27. The molecular formula is C51H59N3. The fourth-order valence-electron chi connectivity index (χ4n) is 10.5. The van der Waals surface area contributed by atoms with Crippen molar-refractivity contribution in [3.63, 3.8) is 0 Å². The van der Waals surface area contributed by atoms with Crippen molar-refractivity contribution >= 4 is 0 Å². The van der Waals surface area contributed by atoms with E-state index in [0.717, 1.165) is 34.2 Å². The molecule has 0 bridgehead atoms. The highest BCUT2D eigenvalue weighted by Gasteiger charge is 2.23. The van der Waals surface area contributed by atoms with Gasteiger partial charge in [0, 0.05) is 16.7 Å². The molecule has 4 aromatic carbocycles. The van der Waals surface area contributed by atoms with Crippen molar-refractivity contribution in [3.8, 4) is 45.3 Å². The summed E-state index contributed by atoms with van der Waals surface area (Å²) in [4.78, 5) is 15.6. The van der Waals surface area contributed by atoms with Crippen molar-refractivity contribution in [1.29, 1.82) is 0 Å². The van der Waals surface area contributed by atoms with Crippen molar-refractivity contribution in [3.05, 3.63) is 113 Å². The van der Waals surface area contributed by atoms with E-state index in [1.807, 2.05) is 0 Å². The highest BCUT2D eigenvalue weighted by atomic mass is 15.0. The quantitative estimate of drug-likeness (QED) is 0.161. The normalized spacial score (nSPS) is 19.6. The molecule has 3 nitrogen and oxygen atoms in total. The van der Waals surface area contributed by atoms with E-state index in [-0.39, 0.29) is 0 Å². The summed E-state index contributed by atoms with van der Waals surface area (Å²) < 4.78 is 0. The van der Waals surface area contributed by atoms with Gasteiger partial charge in [-0.15, -0.1) is 0 Å². The second kappa shape index (κ2) is 16.7. The zero-order valence-electron chi connectivity index (χ0n) is 32.5. The summed E-state index contributed by atoms with van der Waals surface area (Å²) in [5.41, 5.74) is 11.8. The lowest BCUT2D eigenvalue weighted by Gasteiger charge is -2.27. The molecule has 0 aliphatic heterocycles. The summed E-state index contributed by atoms with van der Waals surface area (Å²) in [6.07, 6.45) is 26.9. The third-order valence-corrected chi connectivity index (χ3v) is 13.7. The number of hydrogen-bond acceptors (Lipinski definition) is 3. The van der Waals surface area contributed by atoms with Crippen LogP contribution in [0.3, 0.4) is 0 Å². The number of nitrogens with zero attached hydrogens (tertiary/aromatic N) is 3. The van der Waals surface area contributed by atoms with E-state index < -0.39 is 0 Å². The van der Waals surface area contributed by atoms with Crippen LogP contribution in [0.4, 0.5) is 0 Å². The van der Waals surface area contributed by atoms with Crippen LogP contribution in [0, 0.1) is 0 Å². The van der Waals surface area contributed by atoms with Gasteiger partial charge in [-0.05, 0) is 114 Å². The first kappa shape index (κ1) is 35.6. The molecule has 0 atom stereocenters. The lowest BCUT2D eigenvalue weighted by atomic mass is 9.78. The largest absolute Gasteiger partial charge is 0.208 e. The molecular weight excluding hydrogens is 655 g/mol. The first-order valence-electron chi connectivity index (χ1n) is 22.0. The van der Waals surface area contributed by atoms with E-state index in [4.69, 9.17) is 15.0 Å². The zero-order chi connectivity index (χ0) is 36.1. The molecule has 4 saturated carbocycles. The molecule has 4 aliphatic carbocycles. The smallest absolute Gasteiger partial charge is 0.164 e. The molecule has 5 aromatic rings. The van der Waals surface area contributed by atoms with Crippen LogP contribution in [-0.2, 0) is 0 Å². The molecule has 54 heavy (non-hydrogen) atoms. The first-order chi connectivity index (χ1) is 26.7. The van der Waals surface area contributed by atoms with Crippen molar-refractivity contribution in [2.75, 3.05) is 0 Å². The summed E-state index contributed by atoms with van der Waals surface area (Å²) in [6.45, 7) is 0. The van der Waals surface area contributed by atoms with Gasteiger partial charge in [-0.2, -0.15) is 0 Å².